The average molecular weight is 457 g/mol. The normalized spacial score (nSPS) is 11.2. The zero-order chi connectivity index (χ0) is 23.9. The van der Waals surface area contributed by atoms with Gasteiger partial charge in [-0.3, -0.25) is 9.89 Å². The van der Waals surface area contributed by atoms with Gasteiger partial charge in [-0.1, -0.05) is 42.5 Å². The SMILES string of the molecule is COc1cc(C(C)=NNC(=O)c2cc(-c3cccc(OCc4ccccc4)c3)n[nH]2)ccc1O. The van der Waals surface area contributed by atoms with Crippen molar-refractivity contribution in [3.8, 4) is 28.5 Å². The molecule has 172 valence electrons. The van der Waals surface area contributed by atoms with Crippen molar-refractivity contribution in [3.05, 3.63) is 95.7 Å². The Balaban J connectivity index is 1.42. The lowest BCUT2D eigenvalue weighted by molar-refractivity contribution is 0.0950. The molecule has 34 heavy (non-hydrogen) atoms. The Kier molecular flexibility index (Phi) is 6.88. The third-order valence-electron chi connectivity index (χ3n) is 5.12. The smallest absolute Gasteiger partial charge is 0.289 e. The van der Waals surface area contributed by atoms with E-state index in [-0.39, 0.29) is 11.4 Å². The number of nitrogens with zero attached hydrogens (tertiary/aromatic N) is 2. The Labute approximate surface area is 196 Å². The highest BCUT2D eigenvalue weighted by Crippen LogP contribution is 2.26. The number of H-pyrrole nitrogens is 1. The van der Waals surface area contributed by atoms with Gasteiger partial charge >= 0.3 is 0 Å². The van der Waals surface area contributed by atoms with Gasteiger partial charge < -0.3 is 14.6 Å². The fourth-order valence-corrected chi connectivity index (χ4v) is 3.23. The Morgan fingerprint density at radius 3 is 2.68 bits per heavy atom. The molecule has 0 bridgehead atoms. The molecule has 0 atom stereocenters. The van der Waals surface area contributed by atoms with E-state index in [1.54, 1.807) is 25.1 Å². The van der Waals surface area contributed by atoms with Crippen molar-refractivity contribution < 1.29 is 19.4 Å². The summed E-state index contributed by atoms with van der Waals surface area (Å²) in [6.45, 7) is 2.20. The first-order valence-corrected chi connectivity index (χ1v) is 10.6. The lowest BCUT2D eigenvalue weighted by Gasteiger charge is -2.07. The molecule has 0 fully saturated rings. The van der Waals surface area contributed by atoms with Gasteiger partial charge in [-0.15, -0.1) is 0 Å². The van der Waals surface area contributed by atoms with Crippen molar-refractivity contribution in [3.63, 3.8) is 0 Å². The molecule has 0 spiro atoms. The minimum absolute atomic E-state index is 0.0302. The summed E-state index contributed by atoms with van der Waals surface area (Å²) in [4.78, 5) is 12.5. The van der Waals surface area contributed by atoms with E-state index >= 15 is 0 Å². The number of phenols is 1. The van der Waals surface area contributed by atoms with E-state index in [0.29, 0.717) is 35.1 Å². The van der Waals surface area contributed by atoms with Crippen LogP contribution in [0.3, 0.4) is 0 Å². The Hall–Kier alpha value is -4.59. The van der Waals surface area contributed by atoms with Gasteiger partial charge in [-0.25, -0.2) is 5.43 Å². The van der Waals surface area contributed by atoms with Gasteiger partial charge in [0, 0.05) is 11.1 Å². The number of hydrogen-bond acceptors (Lipinski definition) is 6. The molecule has 8 nitrogen and oxygen atoms in total. The third-order valence-corrected chi connectivity index (χ3v) is 5.12. The number of rotatable bonds is 8. The number of ether oxygens (including phenoxy) is 2. The number of carbonyl (C=O) groups is 1. The maximum atomic E-state index is 12.5. The molecule has 0 unspecified atom stereocenters. The van der Waals surface area contributed by atoms with Crippen LogP contribution in [0.1, 0.15) is 28.5 Å². The summed E-state index contributed by atoms with van der Waals surface area (Å²) in [7, 11) is 1.47. The summed E-state index contributed by atoms with van der Waals surface area (Å²) in [6.07, 6.45) is 0. The molecule has 1 aromatic heterocycles. The van der Waals surface area contributed by atoms with Crippen molar-refractivity contribution >= 4 is 11.6 Å². The number of aromatic hydroxyl groups is 1. The van der Waals surface area contributed by atoms with E-state index in [0.717, 1.165) is 11.1 Å². The number of hydrogen-bond donors (Lipinski definition) is 3. The molecular weight excluding hydrogens is 432 g/mol. The molecule has 1 heterocycles. The predicted molar refractivity (Wildman–Crippen MR) is 129 cm³/mol. The second-order valence-corrected chi connectivity index (χ2v) is 7.49. The number of benzene rings is 3. The molecule has 3 aromatic carbocycles. The van der Waals surface area contributed by atoms with Gasteiger partial charge in [0.25, 0.3) is 5.91 Å². The molecule has 8 heteroatoms. The maximum Gasteiger partial charge on any atom is 0.289 e. The highest BCUT2D eigenvalue weighted by atomic mass is 16.5. The summed E-state index contributed by atoms with van der Waals surface area (Å²) < 4.78 is 11.0. The number of carbonyl (C=O) groups excluding carboxylic acids is 1. The maximum absolute atomic E-state index is 12.5. The first-order valence-electron chi connectivity index (χ1n) is 10.6. The Bertz CT molecular complexity index is 1320. The van der Waals surface area contributed by atoms with Crippen LogP contribution in [0.4, 0.5) is 0 Å². The van der Waals surface area contributed by atoms with E-state index in [9.17, 15) is 9.90 Å². The van der Waals surface area contributed by atoms with Crippen LogP contribution in [0, 0.1) is 0 Å². The summed E-state index contributed by atoms with van der Waals surface area (Å²) >= 11 is 0. The lowest BCUT2D eigenvalue weighted by Crippen LogP contribution is -2.19. The number of aromatic amines is 1. The van der Waals surface area contributed by atoms with Crippen molar-refractivity contribution in [1.82, 2.24) is 15.6 Å². The van der Waals surface area contributed by atoms with E-state index in [2.05, 4.69) is 20.7 Å². The number of nitrogens with one attached hydrogen (secondary N) is 2. The van der Waals surface area contributed by atoms with Crippen LogP contribution in [-0.2, 0) is 6.61 Å². The largest absolute Gasteiger partial charge is 0.504 e. The van der Waals surface area contributed by atoms with Crippen molar-refractivity contribution in [2.75, 3.05) is 7.11 Å². The minimum Gasteiger partial charge on any atom is -0.504 e. The summed E-state index contributed by atoms with van der Waals surface area (Å²) in [5.74, 6) is 0.634. The van der Waals surface area contributed by atoms with Crippen molar-refractivity contribution in [2.45, 2.75) is 13.5 Å². The molecule has 4 rings (SSSR count). The summed E-state index contributed by atoms with van der Waals surface area (Å²) in [5.41, 5.74) is 6.54. The molecule has 4 aromatic rings. The van der Waals surface area contributed by atoms with Crippen LogP contribution in [-0.4, -0.2) is 34.0 Å². The number of hydrazone groups is 1. The van der Waals surface area contributed by atoms with E-state index in [1.807, 2.05) is 54.6 Å². The zero-order valence-electron chi connectivity index (χ0n) is 18.8. The van der Waals surface area contributed by atoms with Gasteiger partial charge in [0.05, 0.1) is 18.5 Å². The van der Waals surface area contributed by atoms with E-state index in [1.165, 1.54) is 13.2 Å². The minimum atomic E-state index is -0.430. The first kappa shape index (κ1) is 22.6. The average Bonchev–Trinajstić information content (AvgIpc) is 3.37. The highest BCUT2D eigenvalue weighted by molar-refractivity contribution is 6.01. The Morgan fingerprint density at radius 2 is 1.88 bits per heavy atom. The highest BCUT2D eigenvalue weighted by Gasteiger charge is 2.12. The van der Waals surface area contributed by atoms with Crippen LogP contribution in [0.15, 0.2) is 84.0 Å². The quantitative estimate of drug-likeness (QED) is 0.267. The van der Waals surface area contributed by atoms with Crippen LogP contribution >= 0.6 is 0 Å². The molecule has 1 amide bonds. The molecule has 0 saturated heterocycles. The van der Waals surface area contributed by atoms with E-state index in [4.69, 9.17) is 9.47 Å². The first-order chi connectivity index (χ1) is 16.5. The third kappa shape index (κ3) is 5.42. The monoisotopic (exact) mass is 456 g/mol. The van der Waals surface area contributed by atoms with Gasteiger partial charge in [0.2, 0.25) is 0 Å². The van der Waals surface area contributed by atoms with E-state index < -0.39 is 5.91 Å². The van der Waals surface area contributed by atoms with Gasteiger partial charge in [0.15, 0.2) is 11.5 Å². The summed E-state index contributed by atoms with van der Waals surface area (Å²) in [5, 5.41) is 20.9. The predicted octanol–water partition coefficient (Wildman–Crippen LogP) is 4.52. The number of phenolic OH excluding ortho intramolecular Hbond substituents is 1. The molecule has 0 aliphatic carbocycles. The second kappa shape index (κ2) is 10.4. The zero-order valence-corrected chi connectivity index (χ0v) is 18.8. The summed E-state index contributed by atoms with van der Waals surface area (Å²) in [6, 6.07) is 23.9. The molecule has 0 radical (unpaired) electrons. The Morgan fingerprint density at radius 1 is 1.06 bits per heavy atom. The van der Waals surface area contributed by atoms with Crippen molar-refractivity contribution in [2.24, 2.45) is 5.10 Å². The van der Waals surface area contributed by atoms with Crippen LogP contribution in [0.5, 0.6) is 17.2 Å². The lowest BCUT2D eigenvalue weighted by atomic mass is 10.1. The van der Waals surface area contributed by atoms with Crippen LogP contribution in [0.25, 0.3) is 11.3 Å². The molecule has 0 aliphatic heterocycles. The van der Waals surface area contributed by atoms with Gasteiger partial charge in [-0.2, -0.15) is 10.2 Å². The van der Waals surface area contributed by atoms with Gasteiger partial charge in [-0.05, 0) is 48.9 Å². The fourth-order valence-electron chi connectivity index (χ4n) is 3.23. The molecule has 3 N–H and O–H groups in total. The number of amides is 1. The van der Waals surface area contributed by atoms with Gasteiger partial charge in [0.1, 0.15) is 18.1 Å². The number of methoxy groups -OCH3 is 1. The number of aromatic nitrogens is 2. The van der Waals surface area contributed by atoms with Crippen molar-refractivity contribution in [1.29, 1.82) is 0 Å². The fraction of sp³-hybridized carbons (Fsp3) is 0.115. The topological polar surface area (TPSA) is 109 Å². The molecule has 0 saturated carbocycles. The molecular formula is C26H24N4O4. The second-order valence-electron chi connectivity index (χ2n) is 7.49. The van der Waals surface area contributed by atoms with Crippen LogP contribution < -0.4 is 14.9 Å². The standard InChI is InChI=1S/C26H24N4O4/c1-17(19-11-12-24(31)25(14-19)33-2)27-30-26(32)23-15-22(28-29-23)20-9-6-10-21(13-20)34-16-18-7-4-3-5-8-18/h3-15,31H,16H2,1-2H3,(H,28,29)(H,30,32). The molecule has 0 aliphatic rings. The van der Waals surface area contributed by atoms with Crippen LogP contribution in [0.2, 0.25) is 0 Å².